The van der Waals surface area contributed by atoms with E-state index in [0.717, 1.165) is 22.7 Å². The van der Waals surface area contributed by atoms with Crippen LogP contribution >= 0.6 is 0 Å². The van der Waals surface area contributed by atoms with Gasteiger partial charge < -0.3 is 14.6 Å². The third kappa shape index (κ3) is 3.20. The maximum Gasteiger partial charge on any atom is 0.224 e. The molecule has 1 aromatic carbocycles. The van der Waals surface area contributed by atoms with Gasteiger partial charge in [0.15, 0.2) is 0 Å². The maximum absolute atomic E-state index is 12.8. The summed E-state index contributed by atoms with van der Waals surface area (Å²) >= 11 is 0. The molecular formula is C19H21N5O2. The highest BCUT2D eigenvalue weighted by Gasteiger charge is 2.31. The fraction of sp³-hybridized carbons (Fsp3) is 0.316. The Kier molecular flexibility index (Phi) is 4.43. The third-order valence-electron chi connectivity index (χ3n) is 4.80. The Bertz CT molecular complexity index is 887. The molecule has 1 aliphatic heterocycles. The zero-order valence-electron chi connectivity index (χ0n) is 14.6. The van der Waals surface area contributed by atoms with Crippen LogP contribution in [0.5, 0.6) is 5.75 Å². The molecule has 0 spiro atoms. The van der Waals surface area contributed by atoms with E-state index in [4.69, 9.17) is 4.74 Å². The van der Waals surface area contributed by atoms with Crippen molar-refractivity contribution in [3.8, 4) is 5.75 Å². The number of H-pyrrole nitrogens is 1. The second kappa shape index (κ2) is 7.03. The van der Waals surface area contributed by atoms with Crippen LogP contribution in [0.1, 0.15) is 29.3 Å². The molecule has 4 rings (SSSR count). The first kappa shape index (κ1) is 16.4. The quantitative estimate of drug-likeness (QED) is 0.764. The Labute approximate surface area is 151 Å². The van der Waals surface area contributed by atoms with Crippen molar-refractivity contribution in [2.45, 2.75) is 25.4 Å². The van der Waals surface area contributed by atoms with E-state index in [0.29, 0.717) is 26.1 Å². The summed E-state index contributed by atoms with van der Waals surface area (Å²) in [5.74, 6) is 0.962. The molecule has 1 aliphatic rings. The number of nitrogens with one attached hydrogen (secondary N) is 1. The normalized spacial score (nSPS) is 16.3. The van der Waals surface area contributed by atoms with Crippen molar-refractivity contribution in [3.63, 3.8) is 0 Å². The molecule has 1 N–H and O–H groups in total. The van der Waals surface area contributed by atoms with Gasteiger partial charge in [-0.25, -0.2) is 4.98 Å². The number of hydrogen-bond acceptors (Lipinski definition) is 4. The molecule has 1 atom stereocenters. The number of nitrogens with zero attached hydrogens (tertiary/aromatic N) is 4. The average Bonchev–Trinajstić information content (AvgIpc) is 3.36. The van der Waals surface area contributed by atoms with Crippen LogP contribution in [0, 0.1) is 0 Å². The third-order valence-corrected chi connectivity index (χ3v) is 4.80. The predicted octanol–water partition coefficient (Wildman–Crippen LogP) is 2.18. The number of benzene rings is 1. The lowest BCUT2D eigenvalue weighted by atomic mass is 9.90. The van der Waals surface area contributed by atoms with E-state index >= 15 is 0 Å². The molecule has 0 radical (unpaired) electrons. The standard InChI is InChI=1S/C19H21N5O2/c1-26-15-5-2-4-14(10-15)16-11-23(12-17-19(16)21-13-20-17)18(25)6-9-24-8-3-7-22-24/h2-5,7-8,10,13,16H,6,9,11-12H2,1H3,(H,20,21). The molecule has 1 unspecified atom stereocenters. The molecule has 26 heavy (non-hydrogen) atoms. The molecule has 0 saturated heterocycles. The maximum atomic E-state index is 12.8. The van der Waals surface area contributed by atoms with E-state index in [1.807, 2.05) is 35.4 Å². The highest BCUT2D eigenvalue weighted by molar-refractivity contribution is 5.76. The lowest BCUT2D eigenvalue weighted by Crippen LogP contribution is -2.39. The fourth-order valence-corrected chi connectivity index (χ4v) is 3.43. The molecule has 7 heteroatoms. The van der Waals surface area contributed by atoms with Crippen LogP contribution in [-0.4, -0.2) is 44.2 Å². The van der Waals surface area contributed by atoms with E-state index in [1.165, 1.54) is 0 Å². The van der Waals surface area contributed by atoms with Gasteiger partial charge in [-0.1, -0.05) is 12.1 Å². The largest absolute Gasteiger partial charge is 0.497 e. The van der Waals surface area contributed by atoms with E-state index < -0.39 is 0 Å². The van der Waals surface area contributed by atoms with Gasteiger partial charge in [-0.15, -0.1) is 0 Å². The fourth-order valence-electron chi connectivity index (χ4n) is 3.43. The van der Waals surface area contributed by atoms with Gasteiger partial charge in [-0.05, 0) is 23.8 Å². The van der Waals surface area contributed by atoms with Crippen LogP contribution in [0.15, 0.2) is 49.1 Å². The number of aryl methyl sites for hydroxylation is 1. The number of hydrogen-bond donors (Lipinski definition) is 1. The minimum Gasteiger partial charge on any atom is -0.497 e. The second-order valence-corrected chi connectivity index (χ2v) is 6.39. The monoisotopic (exact) mass is 351 g/mol. The van der Waals surface area contributed by atoms with Crippen molar-refractivity contribution in [1.82, 2.24) is 24.6 Å². The van der Waals surface area contributed by atoms with Gasteiger partial charge >= 0.3 is 0 Å². The van der Waals surface area contributed by atoms with Crippen LogP contribution in [0.2, 0.25) is 0 Å². The first-order valence-electron chi connectivity index (χ1n) is 8.66. The lowest BCUT2D eigenvalue weighted by Gasteiger charge is -2.32. The van der Waals surface area contributed by atoms with Crippen molar-refractivity contribution >= 4 is 5.91 Å². The molecule has 3 aromatic rings. The van der Waals surface area contributed by atoms with Gasteiger partial charge in [0, 0.05) is 37.8 Å². The van der Waals surface area contributed by atoms with Crippen molar-refractivity contribution in [1.29, 1.82) is 0 Å². The SMILES string of the molecule is COc1cccc(C2CN(C(=O)CCn3cccn3)Cc3[nH]cnc32)c1. The Hall–Kier alpha value is -3.09. The smallest absolute Gasteiger partial charge is 0.224 e. The van der Waals surface area contributed by atoms with E-state index in [1.54, 1.807) is 24.3 Å². The average molecular weight is 351 g/mol. The summed E-state index contributed by atoms with van der Waals surface area (Å²) in [6.07, 6.45) is 5.72. The number of carbonyl (C=O) groups excluding carboxylic acids is 1. The van der Waals surface area contributed by atoms with Crippen molar-refractivity contribution in [3.05, 3.63) is 66.0 Å². The van der Waals surface area contributed by atoms with Gasteiger partial charge in [-0.3, -0.25) is 9.48 Å². The number of ether oxygens (including phenoxy) is 1. The second-order valence-electron chi connectivity index (χ2n) is 6.39. The van der Waals surface area contributed by atoms with Gasteiger partial charge in [0.1, 0.15) is 5.75 Å². The Morgan fingerprint density at radius 3 is 3.12 bits per heavy atom. The molecule has 0 bridgehead atoms. The summed E-state index contributed by atoms with van der Waals surface area (Å²) in [6, 6.07) is 9.83. The minimum atomic E-state index is 0.0359. The summed E-state index contributed by atoms with van der Waals surface area (Å²) in [4.78, 5) is 22.3. The molecule has 134 valence electrons. The van der Waals surface area contributed by atoms with Crippen LogP contribution in [0.4, 0.5) is 0 Å². The number of amides is 1. The van der Waals surface area contributed by atoms with Crippen LogP contribution < -0.4 is 4.74 Å². The molecule has 0 fully saturated rings. The van der Waals surface area contributed by atoms with E-state index in [-0.39, 0.29) is 11.8 Å². The number of carbonyl (C=O) groups is 1. The molecule has 3 heterocycles. The Balaban J connectivity index is 1.54. The van der Waals surface area contributed by atoms with Crippen molar-refractivity contribution < 1.29 is 9.53 Å². The number of rotatable bonds is 5. The molecule has 1 amide bonds. The van der Waals surface area contributed by atoms with E-state index in [2.05, 4.69) is 21.1 Å². The first-order chi connectivity index (χ1) is 12.7. The summed E-state index contributed by atoms with van der Waals surface area (Å²) in [5, 5.41) is 4.16. The number of imidazole rings is 1. The Morgan fingerprint density at radius 2 is 2.31 bits per heavy atom. The van der Waals surface area contributed by atoms with Crippen LogP contribution in [-0.2, 0) is 17.9 Å². The molecule has 7 nitrogen and oxygen atoms in total. The van der Waals surface area contributed by atoms with E-state index in [9.17, 15) is 4.79 Å². The summed E-state index contributed by atoms with van der Waals surface area (Å²) in [7, 11) is 1.66. The number of aromatic amines is 1. The summed E-state index contributed by atoms with van der Waals surface area (Å²) in [6.45, 7) is 1.76. The number of fused-ring (bicyclic) bond motifs is 1. The van der Waals surface area contributed by atoms with Crippen molar-refractivity contribution in [2.75, 3.05) is 13.7 Å². The first-order valence-corrected chi connectivity index (χ1v) is 8.66. The molecule has 2 aromatic heterocycles. The predicted molar refractivity (Wildman–Crippen MR) is 95.7 cm³/mol. The van der Waals surface area contributed by atoms with Crippen LogP contribution in [0.25, 0.3) is 0 Å². The Morgan fingerprint density at radius 1 is 1.38 bits per heavy atom. The summed E-state index contributed by atoms with van der Waals surface area (Å²) < 4.78 is 7.13. The number of aromatic nitrogens is 4. The molecule has 0 saturated carbocycles. The number of methoxy groups -OCH3 is 1. The molecular weight excluding hydrogens is 330 g/mol. The van der Waals surface area contributed by atoms with Crippen molar-refractivity contribution in [2.24, 2.45) is 0 Å². The highest BCUT2D eigenvalue weighted by atomic mass is 16.5. The summed E-state index contributed by atoms with van der Waals surface area (Å²) in [5.41, 5.74) is 3.10. The zero-order valence-corrected chi connectivity index (χ0v) is 14.6. The lowest BCUT2D eigenvalue weighted by molar-refractivity contribution is -0.132. The van der Waals surface area contributed by atoms with Gasteiger partial charge in [-0.2, -0.15) is 5.10 Å². The van der Waals surface area contributed by atoms with Crippen LogP contribution in [0.3, 0.4) is 0 Å². The minimum absolute atomic E-state index is 0.0359. The zero-order chi connectivity index (χ0) is 17.9. The van der Waals surface area contributed by atoms with Gasteiger partial charge in [0.05, 0.1) is 31.4 Å². The van der Waals surface area contributed by atoms with Gasteiger partial charge in [0.25, 0.3) is 0 Å². The molecule has 0 aliphatic carbocycles. The topological polar surface area (TPSA) is 76.0 Å². The van der Waals surface area contributed by atoms with Gasteiger partial charge in [0.2, 0.25) is 5.91 Å². The highest BCUT2D eigenvalue weighted by Crippen LogP contribution is 2.33.